The molecule has 0 saturated carbocycles. The first-order chi connectivity index (χ1) is 13.2. The number of hydrogen-bond acceptors (Lipinski definition) is 3. The zero-order chi connectivity index (χ0) is 19.1. The maximum Gasteiger partial charge on any atom is 0.193 e. The molecule has 154 valence electrons. The summed E-state index contributed by atoms with van der Waals surface area (Å²) < 4.78 is 7.25. The summed E-state index contributed by atoms with van der Waals surface area (Å²) in [6.07, 6.45) is 5.38. The summed E-state index contributed by atoms with van der Waals surface area (Å²) in [4.78, 5) is 6.78. The molecule has 0 aliphatic carbocycles. The van der Waals surface area contributed by atoms with Crippen molar-refractivity contribution in [2.24, 2.45) is 10.9 Å². The lowest BCUT2D eigenvalue weighted by molar-refractivity contribution is 0.157. The highest BCUT2D eigenvalue weighted by Crippen LogP contribution is 2.16. The van der Waals surface area contributed by atoms with Crippen molar-refractivity contribution in [2.75, 3.05) is 40.4 Å². The van der Waals surface area contributed by atoms with Gasteiger partial charge in [-0.3, -0.25) is 4.99 Å². The molecule has 1 aromatic heterocycles. The van der Waals surface area contributed by atoms with Gasteiger partial charge in [-0.1, -0.05) is 18.2 Å². The minimum absolute atomic E-state index is 0. The molecule has 0 bridgehead atoms. The normalized spacial score (nSPS) is 16.9. The first-order valence-electron chi connectivity index (χ1n) is 9.76. The van der Waals surface area contributed by atoms with E-state index in [2.05, 4.69) is 45.6 Å². The molecule has 1 aliphatic heterocycles. The molecule has 2 aromatic rings. The van der Waals surface area contributed by atoms with Gasteiger partial charge in [0.15, 0.2) is 5.96 Å². The van der Waals surface area contributed by atoms with Crippen molar-refractivity contribution in [3.63, 3.8) is 0 Å². The number of methoxy groups -OCH3 is 1. The van der Waals surface area contributed by atoms with Crippen LogP contribution >= 0.6 is 24.0 Å². The molecule has 6 nitrogen and oxygen atoms in total. The van der Waals surface area contributed by atoms with Crippen molar-refractivity contribution < 1.29 is 4.74 Å². The van der Waals surface area contributed by atoms with E-state index >= 15 is 0 Å². The number of nitrogens with one attached hydrogen (secondary N) is 1. The molecule has 1 aliphatic rings. The van der Waals surface area contributed by atoms with E-state index in [0.717, 1.165) is 56.4 Å². The summed E-state index contributed by atoms with van der Waals surface area (Å²) in [6.45, 7) is 5.90. The molecular formula is C21H32IN5O. The molecule has 1 saturated heterocycles. The van der Waals surface area contributed by atoms with Gasteiger partial charge in [-0.2, -0.15) is 5.10 Å². The SMILES string of the molecule is CN=C(NCCCc1cn(-c2ccccc2)nc1C)N1CCC(COC)C1.I. The van der Waals surface area contributed by atoms with Crippen molar-refractivity contribution in [1.82, 2.24) is 20.0 Å². The number of aryl methyl sites for hydroxylation is 2. The van der Waals surface area contributed by atoms with Crippen LogP contribution in [0.15, 0.2) is 41.5 Å². The summed E-state index contributed by atoms with van der Waals surface area (Å²) in [5, 5.41) is 8.16. The van der Waals surface area contributed by atoms with Gasteiger partial charge < -0.3 is 15.0 Å². The molecule has 1 unspecified atom stereocenters. The Hall–Kier alpha value is -1.61. The third-order valence-electron chi connectivity index (χ3n) is 5.13. The number of aromatic nitrogens is 2. The maximum atomic E-state index is 5.29. The molecule has 1 N–H and O–H groups in total. The van der Waals surface area contributed by atoms with Crippen LogP contribution < -0.4 is 5.32 Å². The van der Waals surface area contributed by atoms with Crippen LogP contribution in [0.1, 0.15) is 24.1 Å². The van der Waals surface area contributed by atoms with Crippen molar-refractivity contribution in [1.29, 1.82) is 0 Å². The van der Waals surface area contributed by atoms with Crippen LogP contribution in [0.2, 0.25) is 0 Å². The zero-order valence-electron chi connectivity index (χ0n) is 17.1. The van der Waals surface area contributed by atoms with Crippen molar-refractivity contribution in [3.8, 4) is 5.69 Å². The highest BCUT2D eigenvalue weighted by molar-refractivity contribution is 14.0. The van der Waals surface area contributed by atoms with Gasteiger partial charge in [0, 0.05) is 45.9 Å². The van der Waals surface area contributed by atoms with Crippen LogP contribution in [-0.4, -0.2) is 61.0 Å². The van der Waals surface area contributed by atoms with Crippen LogP contribution in [0.5, 0.6) is 0 Å². The largest absolute Gasteiger partial charge is 0.384 e. The topological polar surface area (TPSA) is 54.7 Å². The molecule has 28 heavy (non-hydrogen) atoms. The molecule has 0 spiro atoms. The Morgan fingerprint density at radius 2 is 2.11 bits per heavy atom. The average Bonchev–Trinajstić information content (AvgIpc) is 3.30. The highest BCUT2D eigenvalue weighted by atomic mass is 127. The Morgan fingerprint density at radius 3 is 2.82 bits per heavy atom. The number of hydrogen-bond donors (Lipinski definition) is 1. The van der Waals surface area contributed by atoms with E-state index < -0.39 is 0 Å². The Balaban J connectivity index is 0.00000280. The van der Waals surface area contributed by atoms with Crippen molar-refractivity contribution >= 4 is 29.9 Å². The van der Waals surface area contributed by atoms with E-state index in [-0.39, 0.29) is 24.0 Å². The monoisotopic (exact) mass is 497 g/mol. The van der Waals surface area contributed by atoms with Crippen LogP contribution in [0, 0.1) is 12.8 Å². The fraction of sp³-hybridized carbons (Fsp3) is 0.524. The summed E-state index contributed by atoms with van der Waals surface area (Å²) in [6, 6.07) is 10.3. The number of aliphatic imine (C=N–C) groups is 1. The maximum absolute atomic E-state index is 5.29. The second-order valence-electron chi connectivity index (χ2n) is 7.15. The third kappa shape index (κ3) is 5.94. The lowest BCUT2D eigenvalue weighted by atomic mass is 10.1. The fourth-order valence-electron chi connectivity index (χ4n) is 3.66. The Labute approximate surface area is 185 Å². The van der Waals surface area contributed by atoms with E-state index in [1.807, 2.05) is 29.9 Å². The summed E-state index contributed by atoms with van der Waals surface area (Å²) in [5.41, 5.74) is 3.51. The molecule has 1 aromatic carbocycles. The van der Waals surface area contributed by atoms with Crippen LogP contribution in [0.3, 0.4) is 0 Å². The predicted molar refractivity (Wildman–Crippen MR) is 125 cm³/mol. The number of para-hydroxylation sites is 1. The van der Waals surface area contributed by atoms with Crippen LogP contribution in [-0.2, 0) is 11.2 Å². The molecule has 3 rings (SSSR count). The molecule has 1 fully saturated rings. The molecule has 0 radical (unpaired) electrons. The minimum atomic E-state index is 0. The number of rotatable bonds is 7. The van der Waals surface area contributed by atoms with Gasteiger partial charge >= 0.3 is 0 Å². The van der Waals surface area contributed by atoms with Gasteiger partial charge in [0.05, 0.1) is 18.0 Å². The number of guanidine groups is 1. The van der Waals surface area contributed by atoms with E-state index in [4.69, 9.17) is 4.74 Å². The number of likely N-dealkylation sites (tertiary alicyclic amines) is 1. The first-order valence-corrected chi connectivity index (χ1v) is 9.76. The van der Waals surface area contributed by atoms with Gasteiger partial charge in [0.1, 0.15) is 0 Å². The standard InChI is InChI=1S/C21H31N5O.HI/c1-17-19(15-26(24-17)20-9-5-4-6-10-20)8-7-12-23-21(22-2)25-13-11-18(14-25)16-27-3;/h4-6,9-10,15,18H,7-8,11-14,16H2,1-3H3,(H,22,23);1H. The van der Waals surface area contributed by atoms with Gasteiger partial charge in [-0.05, 0) is 43.9 Å². The molecule has 7 heteroatoms. The van der Waals surface area contributed by atoms with E-state index in [1.165, 1.54) is 12.0 Å². The van der Waals surface area contributed by atoms with Gasteiger partial charge in [-0.25, -0.2) is 4.68 Å². The van der Waals surface area contributed by atoms with Gasteiger partial charge in [-0.15, -0.1) is 24.0 Å². The Kier molecular flexibility index (Phi) is 9.24. The molecule has 0 amide bonds. The predicted octanol–water partition coefficient (Wildman–Crippen LogP) is 3.28. The lowest BCUT2D eigenvalue weighted by Crippen LogP contribution is -2.40. The number of halogens is 1. The second-order valence-corrected chi connectivity index (χ2v) is 7.15. The first kappa shape index (κ1) is 22.7. The second kappa shape index (κ2) is 11.4. The van der Waals surface area contributed by atoms with Crippen molar-refractivity contribution in [3.05, 3.63) is 47.8 Å². The zero-order valence-corrected chi connectivity index (χ0v) is 19.4. The average molecular weight is 497 g/mol. The third-order valence-corrected chi connectivity index (χ3v) is 5.13. The highest BCUT2D eigenvalue weighted by Gasteiger charge is 2.24. The van der Waals surface area contributed by atoms with E-state index in [0.29, 0.717) is 5.92 Å². The number of ether oxygens (including phenoxy) is 1. The number of benzene rings is 1. The quantitative estimate of drug-likeness (QED) is 0.276. The minimum Gasteiger partial charge on any atom is -0.384 e. The van der Waals surface area contributed by atoms with Gasteiger partial charge in [0.25, 0.3) is 0 Å². The summed E-state index contributed by atoms with van der Waals surface area (Å²) >= 11 is 0. The molecule has 2 heterocycles. The molecular weight excluding hydrogens is 465 g/mol. The molecule has 1 atom stereocenters. The van der Waals surface area contributed by atoms with Crippen LogP contribution in [0.4, 0.5) is 0 Å². The van der Waals surface area contributed by atoms with E-state index in [9.17, 15) is 0 Å². The van der Waals surface area contributed by atoms with Crippen molar-refractivity contribution in [2.45, 2.75) is 26.2 Å². The smallest absolute Gasteiger partial charge is 0.193 e. The fourth-order valence-corrected chi connectivity index (χ4v) is 3.66. The Morgan fingerprint density at radius 1 is 1.32 bits per heavy atom. The summed E-state index contributed by atoms with van der Waals surface area (Å²) in [5.74, 6) is 1.62. The summed E-state index contributed by atoms with van der Waals surface area (Å²) in [7, 11) is 3.64. The number of nitrogens with zero attached hydrogens (tertiary/aromatic N) is 4. The van der Waals surface area contributed by atoms with Crippen LogP contribution in [0.25, 0.3) is 5.69 Å². The van der Waals surface area contributed by atoms with E-state index in [1.54, 1.807) is 7.11 Å². The Bertz CT molecular complexity index is 747. The lowest BCUT2D eigenvalue weighted by Gasteiger charge is -2.21. The van der Waals surface area contributed by atoms with Gasteiger partial charge in [0.2, 0.25) is 0 Å².